The Bertz CT molecular complexity index is 930. The second kappa shape index (κ2) is 8.47. The van der Waals surface area contributed by atoms with Gasteiger partial charge in [-0.25, -0.2) is 9.18 Å². The Morgan fingerprint density at radius 1 is 1.21 bits per heavy atom. The maximum atomic E-state index is 13.6. The van der Waals surface area contributed by atoms with Crippen molar-refractivity contribution >= 4 is 28.9 Å². The van der Waals surface area contributed by atoms with Crippen LogP contribution in [0.15, 0.2) is 36.4 Å². The zero-order chi connectivity index (χ0) is 21.0. The first-order valence-corrected chi connectivity index (χ1v) is 8.34. The molecule has 0 aromatic heterocycles. The van der Waals surface area contributed by atoms with Crippen molar-refractivity contribution in [2.24, 2.45) is 0 Å². The number of hydrogen-bond donors (Lipinski definition) is 1. The van der Waals surface area contributed by atoms with Crippen molar-refractivity contribution < 1.29 is 23.6 Å². The Balaban J connectivity index is 2.10. The molecule has 2 aromatic rings. The van der Waals surface area contributed by atoms with Crippen LogP contribution < -0.4 is 10.2 Å². The van der Waals surface area contributed by atoms with Crippen molar-refractivity contribution in [2.75, 3.05) is 24.3 Å². The van der Waals surface area contributed by atoms with Crippen molar-refractivity contribution in [3.05, 3.63) is 63.5 Å². The summed E-state index contributed by atoms with van der Waals surface area (Å²) in [6.45, 7) is 2.94. The normalized spacial score (nSPS) is 11.5. The van der Waals surface area contributed by atoms with Gasteiger partial charge in [0.2, 0.25) is 0 Å². The van der Waals surface area contributed by atoms with E-state index in [1.54, 1.807) is 25.9 Å². The Kier molecular flexibility index (Phi) is 6.29. The summed E-state index contributed by atoms with van der Waals surface area (Å²) in [4.78, 5) is 36.6. The highest BCUT2D eigenvalue weighted by Gasteiger charge is 2.23. The van der Waals surface area contributed by atoms with Crippen molar-refractivity contribution in [3.63, 3.8) is 0 Å². The molecule has 1 N–H and O–H groups in total. The molecule has 1 atom stereocenters. The zero-order valence-corrected chi connectivity index (χ0v) is 15.9. The fourth-order valence-corrected chi connectivity index (χ4v) is 2.37. The van der Waals surface area contributed by atoms with E-state index in [2.05, 4.69) is 5.32 Å². The number of benzene rings is 2. The van der Waals surface area contributed by atoms with Gasteiger partial charge in [-0.2, -0.15) is 0 Å². The third-order valence-electron chi connectivity index (χ3n) is 3.98. The number of amides is 1. The van der Waals surface area contributed by atoms with Crippen molar-refractivity contribution in [1.29, 1.82) is 0 Å². The van der Waals surface area contributed by atoms with E-state index in [0.29, 0.717) is 11.3 Å². The van der Waals surface area contributed by atoms with E-state index in [9.17, 15) is 24.1 Å². The number of rotatable bonds is 6. The first kappa shape index (κ1) is 20.8. The zero-order valence-electron chi connectivity index (χ0n) is 15.9. The maximum absolute atomic E-state index is 13.6. The third-order valence-corrected chi connectivity index (χ3v) is 3.98. The van der Waals surface area contributed by atoms with Crippen molar-refractivity contribution in [1.82, 2.24) is 0 Å². The number of anilines is 2. The lowest BCUT2D eigenvalue weighted by Crippen LogP contribution is -2.30. The minimum Gasteiger partial charge on any atom is -0.449 e. The molecule has 0 saturated heterocycles. The number of esters is 1. The average molecular weight is 389 g/mol. The molecule has 8 nitrogen and oxygen atoms in total. The summed E-state index contributed by atoms with van der Waals surface area (Å²) in [7, 11) is 3.28. The second-order valence-corrected chi connectivity index (χ2v) is 6.36. The van der Waals surface area contributed by atoms with E-state index in [-0.39, 0.29) is 16.9 Å². The molecule has 0 unspecified atom stereocenters. The largest absolute Gasteiger partial charge is 0.449 e. The molecule has 9 heteroatoms. The van der Waals surface area contributed by atoms with Crippen molar-refractivity contribution in [3.8, 4) is 0 Å². The Labute approximate surface area is 161 Å². The van der Waals surface area contributed by atoms with Gasteiger partial charge in [-0.05, 0) is 43.7 Å². The topological polar surface area (TPSA) is 102 Å². The summed E-state index contributed by atoms with van der Waals surface area (Å²) in [5, 5.41) is 13.7. The predicted octanol–water partition coefficient (Wildman–Crippen LogP) is 3.29. The van der Waals surface area contributed by atoms with Gasteiger partial charge in [0.15, 0.2) is 6.10 Å². The Morgan fingerprint density at radius 2 is 1.89 bits per heavy atom. The van der Waals surface area contributed by atoms with Gasteiger partial charge in [0, 0.05) is 25.8 Å². The highest BCUT2D eigenvalue weighted by atomic mass is 19.1. The molecule has 0 fully saturated rings. The number of halogens is 1. The molecule has 0 aliphatic rings. The minimum atomic E-state index is -1.19. The van der Waals surface area contributed by atoms with Gasteiger partial charge in [0.25, 0.3) is 11.6 Å². The van der Waals surface area contributed by atoms with E-state index in [1.165, 1.54) is 31.2 Å². The summed E-state index contributed by atoms with van der Waals surface area (Å²) in [6, 6.07) is 8.09. The molecule has 0 aliphatic carbocycles. The van der Waals surface area contributed by atoms with Crippen LogP contribution in [0.4, 0.5) is 21.5 Å². The van der Waals surface area contributed by atoms with E-state index in [4.69, 9.17) is 4.74 Å². The van der Waals surface area contributed by atoms with Gasteiger partial charge in [-0.1, -0.05) is 6.07 Å². The quantitative estimate of drug-likeness (QED) is 0.462. The number of carbonyl (C=O) groups is 2. The minimum absolute atomic E-state index is 0.0571. The van der Waals surface area contributed by atoms with E-state index >= 15 is 0 Å². The molecule has 2 aromatic carbocycles. The number of nitrogens with one attached hydrogen (secondary N) is 1. The molecule has 0 heterocycles. The molecule has 0 radical (unpaired) electrons. The fraction of sp³-hybridized carbons (Fsp3) is 0.263. The number of hydrogen-bond acceptors (Lipinski definition) is 6. The number of nitro benzene ring substituents is 1. The molecule has 1 amide bonds. The monoisotopic (exact) mass is 389 g/mol. The fourth-order valence-electron chi connectivity index (χ4n) is 2.37. The van der Waals surface area contributed by atoms with E-state index < -0.39 is 28.7 Å². The molecule has 0 aliphatic heterocycles. The molecule has 0 saturated carbocycles. The van der Waals surface area contributed by atoms with Gasteiger partial charge in [0.05, 0.1) is 10.5 Å². The summed E-state index contributed by atoms with van der Waals surface area (Å²) >= 11 is 0. The number of nitrogens with zero attached hydrogens (tertiary/aromatic N) is 2. The van der Waals surface area contributed by atoms with Gasteiger partial charge in [-0.15, -0.1) is 0 Å². The molecular weight excluding hydrogens is 369 g/mol. The molecule has 0 bridgehead atoms. The smallest absolute Gasteiger partial charge is 0.339 e. The Hall–Kier alpha value is -3.49. The standard InChI is InChI=1S/C19H20FN3O5/c1-11-5-7-14(10-15(11)20)21-18(24)12(2)28-19(25)13-6-8-16(22(3)4)17(9-13)23(26)27/h5-10,12H,1-4H3,(H,21,24)/t12-/m0/s1. The average Bonchev–Trinajstić information content (AvgIpc) is 2.63. The van der Waals surface area contributed by atoms with E-state index in [0.717, 1.165) is 12.1 Å². The van der Waals surface area contributed by atoms with Crippen LogP contribution in [-0.4, -0.2) is 37.0 Å². The summed E-state index contributed by atoms with van der Waals surface area (Å²) in [5.41, 5.74) is 0.668. The first-order chi connectivity index (χ1) is 13.1. The molecule has 28 heavy (non-hydrogen) atoms. The van der Waals surface area contributed by atoms with Crippen LogP contribution in [0.25, 0.3) is 0 Å². The first-order valence-electron chi connectivity index (χ1n) is 8.34. The van der Waals surface area contributed by atoms with E-state index in [1.807, 2.05) is 0 Å². The summed E-state index contributed by atoms with van der Waals surface area (Å²) in [5.74, 6) is -2.02. The van der Waals surface area contributed by atoms with Gasteiger partial charge in [-0.3, -0.25) is 14.9 Å². The number of ether oxygens (including phenoxy) is 1. The SMILES string of the molecule is Cc1ccc(NC(=O)[C@H](C)OC(=O)c2ccc(N(C)C)c([N+](=O)[O-])c2)cc1F. The van der Waals surface area contributed by atoms with Gasteiger partial charge >= 0.3 is 5.97 Å². The van der Waals surface area contributed by atoms with Crippen LogP contribution in [0.5, 0.6) is 0 Å². The predicted molar refractivity (Wildman–Crippen MR) is 102 cm³/mol. The molecule has 0 spiro atoms. The number of carbonyl (C=O) groups excluding carboxylic acids is 2. The lowest BCUT2D eigenvalue weighted by Gasteiger charge is -2.15. The maximum Gasteiger partial charge on any atom is 0.339 e. The number of nitro groups is 1. The highest BCUT2D eigenvalue weighted by molar-refractivity contribution is 5.97. The highest BCUT2D eigenvalue weighted by Crippen LogP contribution is 2.28. The molecule has 2 rings (SSSR count). The van der Waals surface area contributed by atoms with Crippen LogP contribution in [0.3, 0.4) is 0 Å². The summed E-state index contributed by atoms with van der Waals surface area (Å²) in [6.07, 6.45) is -1.19. The van der Waals surface area contributed by atoms with Crippen LogP contribution in [-0.2, 0) is 9.53 Å². The van der Waals surface area contributed by atoms with Gasteiger partial charge < -0.3 is 15.0 Å². The van der Waals surface area contributed by atoms with Crippen LogP contribution in [0.1, 0.15) is 22.8 Å². The Morgan fingerprint density at radius 3 is 2.46 bits per heavy atom. The van der Waals surface area contributed by atoms with Crippen LogP contribution in [0.2, 0.25) is 0 Å². The van der Waals surface area contributed by atoms with Crippen molar-refractivity contribution in [2.45, 2.75) is 20.0 Å². The summed E-state index contributed by atoms with van der Waals surface area (Å²) < 4.78 is 18.6. The van der Waals surface area contributed by atoms with Gasteiger partial charge in [0.1, 0.15) is 11.5 Å². The lowest BCUT2D eigenvalue weighted by molar-refractivity contribution is -0.384. The third kappa shape index (κ3) is 4.81. The molecule has 148 valence electrons. The lowest BCUT2D eigenvalue weighted by atomic mass is 10.1. The van der Waals surface area contributed by atoms with Crippen LogP contribution in [0, 0.1) is 22.9 Å². The molecular formula is C19H20FN3O5. The second-order valence-electron chi connectivity index (χ2n) is 6.36. The number of aryl methyl sites for hydroxylation is 1. The van der Waals surface area contributed by atoms with Crippen LogP contribution >= 0.6 is 0 Å².